The van der Waals surface area contributed by atoms with Gasteiger partial charge in [-0.3, -0.25) is 4.79 Å². The van der Waals surface area contributed by atoms with Gasteiger partial charge in [-0.2, -0.15) is 0 Å². The van der Waals surface area contributed by atoms with Crippen molar-refractivity contribution in [2.75, 3.05) is 6.54 Å². The Morgan fingerprint density at radius 3 is 2.90 bits per heavy atom. The number of primary amides is 1. The number of tetrazole rings is 1. The van der Waals surface area contributed by atoms with Crippen LogP contribution in [0, 0.1) is 0 Å². The van der Waals surface area contributed by atoms with Gasteiger partial charge < -0.3 is 11.1 Å². The topological polar surface area (TPSA) is 98.7 Å². The molecule has 2 atom stereocenters. The molecule has 8 heteroatoms. The number of nitrogens with zero attached hydrogens (tertiary/aromatic N) is 4. The largest absolute Gasteiger partial charge is 0.368 e. The van der Waals surface area contributed by atoms with Crippen molar-refractivity contribution in [3.63, 3.8) is 0 Å². The number of hydrogen-bond donors (Lipinski definition) is 2. The summed E-state index contributed by atoms with van der Waals surface area (Å²) in [5.74, 6) is -0.325. The summed E-state index contributed by atoms with van der Waals surface area (Å²) in [5.41, 5.74) is 4.82. The number of rotatable bonds is 8. The van der Waals surface area contributed by atoms with Crippen LogP contribution in [0.3, 0.4) is 0 Å². The highest BCUT2D eigenvalue weighted by Gasteiger charge is 2.33. The average molecular weight is 298 g/mol. The average Bonchev–Trinajstić information content (AvgIpc) is 3.10. The molecule has 1 aliphatic rings. The van der Waals surface area contributed by atoms with Crippen LogP contribution < -0.4 is 11.1 Å². The molecule has 0 aromatic carbocycles. The van der Waals surface area contributed by atoms with Crippen LogP contribution in [-0.2, 0) is 4.79 Å². The Hall–Kier alpha value is -1.15. The van der Waals surface area contributed by atoms with Gasteiger partial charge in [0.25, 0.3) is 0 Å². The van der Waals surface area contributed by atoms with Gasteiger partial charge in [-0.25, -0.2) is 4.68 Å². The van der Waals surface area contributed by atoms with Crippen LogP contribution in [0.15, 0.2) is 5.16 Å². The van der Waals surface area contributed by atoms with E-state index in [1.807, 2.05) is 18.5 Å². The number of amides is 1. The molecule has 1 fully saturated rings. The lowest BCUT2D eigenvalue weighted by molar-refractivity contribution is -0.124. The van der Waals surface area contributed by atoms with Crippen LogP contribution in [0.5, 0.6) is 0 Å². The molecule has 112 valence electrons. The fourth-order valence-electron chi connectivity index (χ4n) is 2.26. The number of likely N-dealkylation sites (N-methyl/N-ethyl adjacent to an activating group) is 1. The molecule has 1 heterocycles. The van der Waals surface area contributed by atoms with Crippen LogP contribution in [0.1, 0.15) is 46.1 Å². The van der Waals surface area contributed by atoms with Crippen molar-refractivity contribution in [2.45, 2.75) is 62.0 Å². The Morgan fingerprint density at radius 1 is 1.65 bits per heavy atom. The van der Waals surface area contributed by atoms with Crippen LogP contribution in [0.25, 0.3) is 0 Å². The molecule has 1 aliphatic carbocycles. The van der Waals surface area contributed by atoms with Gasteiger partial charge in [0, 0.05) is 5.25 Å². The van der Waals surface area contributed by atoms with Gasteiger partial charge in [-0.1, -0.05) is 25.6 Å². The van der Waals surface area contributed by atoms with Crippen molar-refractivity contribution in [2.24, 2.45) is 5.73 Å². The fraction of sp³-hybridized carbons (Fsp3) is 0.833. The third-order valence-electron chi connectivity index (χ3n) is 3.47. The summed E-state index contributed by atoms with van der Waals surface area (Å²) < 4.78 is 1.88. The Balaban J connectivity index is 1.98. The fourth-order valence-corrected chi connectivity index (χ4v) is 3.41. The molecule has 1 amide bonds. The zero-order valence-corrected chi connectivity index (χ0v) is 13.0. The van der Waals surface area contributed by atoms with E-state index in [1.54, 1.807) is 11.8 Å². The lowest BCUT2D eigenvalue weighted by Crippen LogP contribution is -2.54. The first kappa shape index (κ1) is 15.2. The second-order valence-electron chi connectivity index (χ2n) is 5.50. The van der Waals surface area contributed by atoms with Gasteiger partial charge in [0.05, 0.1) is 11.6 Å². The van der Waals surface area contributed by atoms with Crippen LogP contribution in [-0.4, -0.2) is 43.4 Å². The Kier molecular flexibility index (Phi) is 4.64. The standard InChI is InChI=1S/C12H22N6OS/c1-4-14-12(3,10(13)19)7-8(2)20-11-15-16-17-18(11)9-5-6-9/h8-9,14H,4-7H2,1-3H3,(H2,13,19). The van der Waals surface area contributed by atoms with Crippen molar-refractivity contribution in [3.8, 4) is 0 Å². The predicted octanol–water partition coefficient (Wildman–Crippen LogP) is 0.732. The summed E-state index contributed by atoms with van der Waals surface area (Å²) in [6.07, 6.45) is 2.92. The van der Waals surface area contributed by atoms with Gasteiger partial charge in [-0.15, -0.1) is 5.10 Å². The van der Waals surface area contributed by atoms with Gasteiger partial charge in [0.1, 0.15) is 0 Å². The maximum atomic E-state index is 11.6. The SMILES string of the molecule is CCNC(C)(CC(C)Sc1nnnn1C1CC1)C(N)=O. The van der Waals surface area contributed by atoms with Gasteiger partial charge >= 0.3 is 0 Å². The summed E-state index contributed by atoms with van der Waals surface area (Å²) in [4.78, 5) is 11.6. The number of carbonyl (C=O) groups excluding carboxylic acids is 1. The first-order valence-corrected chi connectivity index (χ1v) is 7.83. The molecule has 0 radical (unpaired) electrons. The minimum atomic E-state index is -0.695. The summed E-state index contributed by atoms with van der Waals surface area (Å²) in [6.45, 7) is 6.58. The minimum Gasteiger partial charge on any atom is -0.368 e. The normalized spacial score (nSPS) is 19.6. The second-order valence-corrected chi connectivity index (χ2v) is 6.90. The number of hydrogen-bond acceptors (Lipinski definition) is 6. The third-order valence-corrected chi connectivity index (χ3v) is 4.52. The number of thioether (sulfide) groups is 1. The van der Waals surface area contributed by atoms with Crippen LogP contribution in [0.4, 0.5) is 0 Å². The number of carbonyl (C=O) groups is 1. The predicted molar refractivity (Wildman–Crippen MR) is 77.3 cm³/mol. The molecule has 2 unspecified atom stereocenters. The van der Waals surface area contributed by atoms with E-state index < -0.39 is 5.54 Å². The number of nitrogens with one attached hydrogen (secondary N) is 1. The van der Waals surface area contributed by atoms with E-state index in [9.17, 15) is 4.79 Å². The first-order chi connectivity index (χ1) is 9.46. The van der Waals surface area contributed by atoms with Gasteiger partial charge in [-0.05, 0) is 43.2 Å². The molecule has 3 N–H and O–H groups in total. The molecular formula is C12H22N6OS. The highest BCUT2D eigenvalue weighted by atomic mass is 32.2. The summed E-state index contributed by atoms with van der Waals surface area (Å²) in [6, 6.07) is 0.455. The lowest BCUT2D eigenvalue weighted by Gasteiger charge is -2.29. The maximum Gasteiger partial charge on any atom is 0.237 e. The Bertz CT molecular complexity index is 474. The van der Waals surface area contributed by atoms with E-state index in [-0.39, 0.29) is 11.2 Å². The lowest BCUT2D eigenvalue weighted by atomic mass is 9.95. The van der Waals surface area contributed by atoms with Crippen LogP contribution in [0.2, 0.25) is 0 Å². The van der Waals surface area contributed by atoms with Crippen molar-refractivity contribution >= 4 is 17.7 Å². The molecule has 0 saturated heterocycles. The summed E-state index contributed by atoms with van der Waals surface area (Å²) >= 11 is 1.59. The summed E-state index contributed by atoms with van der Waals surface area (Å²) in [7, 11) is 0. The second kappa shape index (κ2) is 6.09. The third kappa shape index (κ3) is 3.49. The Morgan fingerprint density at radius 2 is 2.35 bits per heavy atom. The monoisotopic (exact) mass is 298 g/mol. The van der Waals surface area contributed by atoms with E-state index >= 15 is 0 Å². The van der Waals surface area contributed by atoms with Crippen molar-refractivity contribution < 1.29 is 4.79 Å². The van der Waals surface area contributed by atoms with E-state index in [1.165, 1.54) is 0 Å². The molecule has 0 bridgehead atoms. The molecular weight excluding hydrogens is 276 g/mol. The van der Waals surface area contributed by atoms with E-state index in [2.05, 4.69) is 27.8 Å². The van der Waals surface area contributed by atoms with Gasteiger partial charge in [0.2, 0.25) is 11.1 Å². The minimum absolute atomic E-state index is 0.190. The highest BCUT2D eigenvalue weighted by molar-refractivity contribution is 7.99. The zero-order valence-electron chi connectivity index (χ0n) is 12.2. The van der Waals surface area contributed by atoms with Gasteiger partial charge in [0.15, 0.2) is 0 Å². The molecule has 0 aliphatic heterocycles. The molecule has 7 nitrogen and oxygen atoms in total. The molecule has 0 spiro atoms. The molecule has 1 aromatic heterocycles. The molecule has 1 aromatic rings. The highest BCUT2D eigenvalue weighted by Crippen LogP contribution is 2.37. The maximum absolute atomic E-state index is 11.6. The van der Waals surface area contributed by atoms with Crippen molar-refractivity contribution in [1.82, 2.24) is 25.5 Å². The van der Waals surface area contributed by atoms with E-state index in [4.69, 9.17) is 5.73 Å². The van der Waals surface area contributed by atoms with E-state index in [0.717, 1.165) is 18.0 Å². The van der Waals surface area contributed by atoms with Crippen molar-refractivity contribution in [1.29, 1.82) is 0 Å². The van der Waals surface area contributed by atoms with Crippen LogP contribution >= 0.6 is 11.8 Å². The number of aromatic nitrogens is 4. The molecule has 2 rings (SSSR count). The van der Waals surface area contributed by atoms with E-state index in [0.29, 0.717) is 19.0 Å². The summed E-state index contributed by atoms with van der Waals surface area (Å²) in [5, 5.41) is 16.0. The molecule has 20 heavy (non-hydrogen) atoms. The van der Waals surface area contributed by atoms with Crippen molar-refractivity contribution in [3.05, 3.63) is 0 Å². The quantitative estimate of drug-likeness (QED) is 0.687. The Labute approximate surface area is 123 Å². The first-order valence-electron chi connectivity index (χ1n) is 6.95. The molecule has 1 saturated carbocycles. The zero-order chi connectivity index (χ0) is 14.8. The smallest absolute Gasteiger partial charge is 0.237 e. The number of nitrogens with two attached hydrogens (primary N) is 1.